The van der Waals surface area contributed by atoms with E-state index in [4.69, 9.17) is 7.58 Å². The summed E-state index contributed by atoms with van der Waals surface area (Å²) in [6, 6.07) is 0. The number of rotatable bonds is 11. The fraction of sp³-hybridized carbons (Fsp3) is 0.643. The summed E-state index contributed by atoms with van der Waals surface area (Å²) in [7, 11) is 0. The molecule has 0 atom stereocenters. The molecule has 128 valence electrons. The Bertz CT molecular complexity index is 426. The van der Waals surface area contributed by atoms with Crippen LogP contribution < -0.4 is 0 Å². The fourth-order valence-corrected chi connectivity index (χ4v) is 2.57. The van der Waals surface area contributed by atoms with Crippen molar-refractivity contribution in [3.63, 3.8) is 0 Å². The molecule has 8 nitrogen and oxygen atoms in total. The molecule has 0 spiro atoms. The molecule has 0 saturated heterocycles. The van der Waals surface area contributed by atoms with Gasteiger partial charge in [0.05, 0.1) is 0 Å². The highest BCUT2D eigenvalue weighted by Gasteiger charge is 2.48. The van der Waals surface area contributed by atoms with E-state index < -0.39 is 45.9 Å². The van der Waals surface area contributed by atoms with E-state index in [1.54, 1.807) is 13.8 Å². The molecule has 0 radical (unpaired) electrons. The van der Waals surface area contributed by atoms with Crippen LogP contribution in [0.1, 0.15) is 59.3 Å². The van der Waals surface area contributed by atoms with Crippen LogP contribution in [-0.4, -0.2) is 44.6 Å². The van der Waals surface area contributed by atoms with Crippen molar-refractivity contribution >= 4 is 44.6 Å². The third kappa shape index (κ3) is 11.5. The predicted octanol–water partition coefficient (Wildman–Crippen LogP) is 1.14. The Balaban J connectivity index is 4.54. The second-order valence-electron chi connectivity index (χ2n) is 4.81. The van der Waals surface area contributed by atoms with Crippen molar-refractivity contribution in [2.45, 2.75) is 59.3 Å². The molecule has 9 heteroatoms. The molecule has 0 aromatic carbocycles. The number of ketones is 2. The van der Waals surface area contributed by atoms with Crippen LogP contribution in [0.2, 0.25) is 0 Å². The molecule has 0 saturated carbocycles. The molecule has 0 aromatic rings. The summed E-state index contributed by atoms with van der Waals surface area (Å²) in [5, 5.41) is 0. The van der Waals surface area contributed by atoms with Crippen molar-refractivity contribution in [3.05, 3.63) is 0 Å². The number of hydrogen-bond donors (Lipinski definition) is 0. The van der Waals surface area contributed by atoms with E-state index in [1.165, 1.54) is 0 Å². The second kappa shape index (κ2) is 11.8. The highest BCUT2D eigenvalue weighted by molar-refractivity contribution is 6.44. The van der Waals surface area contributed by atoms with Crippen molar-refractivity contribution < 1.29 is 35.3 Å². The maximum atomic E-state index is 11.6. The Morgan fingerprint density at radius 2 is 1.13 bits per heavy atom. The summed E-state index contributed by atoms with van der Waals surface area (Å²) in [5.41, 5.74) is 0. The largest absolute Gasteiger partial charge is 1.20 e. The number of Topliss-reactive ketones (excluding diaryl/α,β-unsaturated/α-hetero) is 2. The predicted molar refractivity (Wildman–Crippen MR) is 78.8 cm³/mol. The van der Waals surface area contributed by atoms with Crippen LogP contribution in [0, 0.1) is 0 Å². The summed E-state index contributed by atoms with van der Waals surface area (Å²) in [4.78, 5) is 56.8. The normalized spacial score (nSPS) is 9.70. The molecule has 0 unspecified atom stereocenters. The number of carbonyl (C=O) groups is 5. The van der Waals surface area contributed by atoms with Gasteiger partial charge in [0, 0.05) is 19.8 Å². The summed E-state index contributed by atoms with van der Waals surface area (Å²) in [6.07, 6.45) is 0.660. The van der Waals surface area contributed by atoms with E-state index in [9.17, 15) is 24.0 Å². The standard InChI is InChI=1S/2C6H10O3.C2H4O2.Al/c2*1-2-3-5(7)4-6(8)9;1-2(3)4;/h2*2-4H2,1H3,(H,8,9);1H3,(H,3,4);/q;;;+3/p-3. The Hall–Kier alpha value is -1.72. The highest BCUT2D eigenvalue weighted by atomic mass is 27.3. The maximum Gasteiger partial charge on any atom is 1.20 e. The quantitative estimate of drug-likeness (QED) is 0.405. The lowest BCUT2D eigenvalue weighted by Crippen LogP contribution is -2.35. The summed E-state index contributed by atoms with van der Waals surface area (Å²) < 4.78 is 14.2. The van der Waals surface area contributed by atoms with Crippen molar-refractivity contribution in [1.29, 1.82) is 0 Å². The Morgan fingerprint density at radius 1 is 0.739 bits per heavy atom. The minimum atomic E-state index is -3.42. The lowest BCUT2D eigenvalue weighted by molar-refractivity contribution is -0.147. The van der Waals surface area contributed by atoms with Gasteiger partial charge in [-0.3, -0.25) is 24.0 Å². The lowest BCUT2D eigenvalue weighted by Gasteiger charge is -2.12. The molecule has 0 rings (SSSR count). The molecule has 0 aliphatic carbocycles. The first-order valence-corrected chi connectivity index (χ1v) is 8.79. The van der Waals surface area contributed by atoms with Crippen molar-refractivity contribution in [1.82, 2.24) is 0 Å². The monoisotopic (exact) mass is 344 g/mol. The first kappa shape index (κ1) is 21.3. The molecular weight excluding hydrogens is 323 g/mol. The molecule has 0 N–H and O–H groups in total. The minimum absolute atomic E-state index is 0.222. The molecule has 23 heavy (non-hydrogen) atoms. The van der Waals surface area contributed by atoms with Gasteiger partial charge in [-0.1, -0.05) is 13.8 Å². The molecule has 0 aliphatic rings. The van der Waals surface area contributed by atoms with Crippen LogP contribution in [0.5, 0.6) is 0 Å². The van der Waals surface area contributed by atoms with E-state index >= 15 is 0 Å². The van der Waals surface area contributed by atoms with Gasteiger partial charge in [0.15, 0.2) is 0 Å². The van der Waals surface area contributed by atoms with Crippen molar-refractivity contribution in [3.8, 4) is 0 Å². The van der Waals surface area contributed by atoms with Crippen LogP contribution >= 0.6 is 0 Å². The zero-order valence-corrected chi connectivity index (χ0v) is 14.7. The van der Waals surface area contributed by atoms with Crippen LogP contribution in [0.4, 0.5) is 0 Å². The average molecular weight is 344 g/mol. The minimum Gasteiger partial charge on any atom is -0.551 e. The third-order valence-corrected chi connectivity index (χ3v) is 3.89. The first-order valence-electron chi connectivity index (χ1n) is 7.38. The third-order valence-electron chi connectivity index (χ3n) is 2.46. The average Bonchev–Trinajstić information content (AvgIpc) is 2.37. The highest BCUT2D eigenvalue weighted by Crippen LogP contribution is 2.03. The molecule has 0 aromatic heterocycles. The molecular formula is C14H21AlO8. The van der Waals surface area contributed by atoms with E-state index in [1.807, 2.05) is 0 Å². The SMILES string of the molecule is CCCC(=O)CC(=O)[O][Al]([O]C(C)=O)[O]C(=O)CC(=O)CCC. The van der Waals surface area contributed by atoms with Gasteiger partial charge >= 0.3 is 15.1 Å². The number of hydrogen-bond acceptors (Lipinski definition) is 8. The van der Waals surface area contributed by atoms with E-state index in [-0.39, 0.29) is 24.4 Å². The molecule has 0 fully saturated rings. The summed E-state index contributed by atoms with van der Waals surface area (Å²) in [6.45, 7) is 4.63. The van der Waals surface area contributed by atoms with Gasteiger partial charge in [0.25, 0.3) is 17.9 Å². The van der Waals surface area contributed by atoms with Crippen LogP contribution in [-0.2, 0) is 35.3 Å². The molecule has 0 aliphatic heterocycles. The topological polar surface area (TPSA) is 113 Å². The van der Waals surface area contributed by atoms with Crippen molar-refractivity contribution in [2.24, 2.45) is 0 Å². The zero-order chi connectivity index (χ0) is 17.8. The van der Waals surface area contributed by atoms with Crippen LogP contribution in [0.15, 0.2) is 0 Å². The van der Waals surface area contributed by atoms with E-state index in [0.717, 1.165) is 6.92 Å². The smallest absolute Gasteiger partial charge is 0.551 e. The van der Waals surface area contributed by atoms with Gasteiger partial charge in [0.1, 0.15) is 24.4 Å². The molecule has 0 bridgehead atoms. The summed E-state index contributed by atoms with van der Waals surface area (Å²) in [5.74, 6) is -3.28. The Kier molecular flexibility index (Phi) is 10.9. The Labute approximate surface area is 139 Å². The van der Waals surface area contributed by atoms with Crippen molar-refractivity contribution in [2.75, 3.05) is 0 Å². The van der Waals surface area contributed by atoms with Crippen LogP contribution in [0.25, 0.3) is 0 Å². The van der Waals surface area contributed by atoms with Gasteiger partial charge in [-0.15, -0.1) is 0 Å². The van der Waals surface area contributed by atoms with Gasteiger partial charge in [-0.2, -0.15) is 0 Å². The van der Waals surface area contributed by atoms with E-state index in [0.29, 0.717) is 12.8 Å². The van der Waals surface area contributed by atoms with Gasteiger partial charge in [-0.25, -0.2) is 0 Å². The first-order chi connectivity index (χ1) is 10.8. The van der Waals surface area contributed by atoms with Gasteiger partial charge < -0.3 is 11.4 Å². The molecule has 0 heterocycles. The van der Waals surface area contributed by atoms with Gasteiger partial charge in [0.2, 0.25) is 0 Å². The van der Waals surface area contributed by atoms with E-state index in [2.05, 4.69) is 3.79 Å². The van der Waals surface area contributed by atoms with Crippen LogP contribution in [0.3, 0.4) is 0 Å². The number of carbonyl (C=O) groups excluding carboxylic acids is 5. The fourth-order valence-electron chi connectivity index (χ4n) is 1.56. The zero-order valence-electron chi connectivity index (χ0n) is 13.6. The lowest BCUT2D eigenvalue weighted by atomic mass is 10.2. The second-order valence-corrected chi connectivity index (χ2v) is 6.09. The Morgan fingerprint density at radius 3 is 1.43 bits per heavy atom. The van der Waals surface area contributed by atoms with Gasteiger partial charge in [-0.05, 0) is 12.8 Å². The molecule has 0 amide bonds. The summed E-state index contributed by atoms with van der Waals surface area (Å²) >= 11 is -3.42. The maximum absolute atomic E-state index is 11.6.